The maximum Gasteiger partial charge on any atom is 0.322 e. The van der Waals surface area contributed by atoms with Crippen molar-refractivity contribution in [2.75, 3.05) is 11.9 Å². The fourth-order valence-electron chi connectivity index (χ4n) is 3.18. The summed E-state index contributed by atoms with van der Waals surface area (Å²) in [7, 11) is 0. The van der Waals surface area contributed by atoms with Gasteiger partial charge >= 0.3 is 6.03 Å². The Morgan fingerprint density at radius 3 is 2.52 bits per heavy atom. The monoisotopic (exact) mass is 338 g/mol. The average molecular weight is 338 g/mol. The van der Waals surface area contributed by atoms with Gasteiger partial charge < -0.3 is 10.2 Å². The van der Waals surface area contributed by atoms with Gasteiger partial charge in [-0.15, -0.1) is 0 Å². The van der Waals surface area contributed by atoms with E-state index in [0.29, 0.717) is 5.69 Å². The van der Waals surface area contributed by atoms with E-state index in [-0.39, 0.29) is 17.5 Å². The summed E-state index contributed by atoms with van der Waals surface area (Å²) in [6, 6.07) is 10.5. The molecule has 1 aromatic heterocycles. The molecule has 3 rings (SSSR count). The second-order valence-corrected chi connectivity index (χ2v) is 7.65. The minimum atomic E-state index is -0.0989. The Morgan fingerprint density at radius 1 is 1.20 bits per heavy atom. The topological polar surface area (TPSA) is 58.1 Å². The second-order valence-electron chi connectivity index (χ2n) is 7.65. The normalized spacial score (nSPS) is 17.6. The molecule has 1 atom stereocenters. The van der Waals surface area contributed by atoms with E-state index < -0.39 is 0 Å². The molecule has 1 aromatic carbocycles. The first-order chi connectivity index (χ1) is 11.9. The van der Waals surface area contributed by atoms with Crippen molar-refractivity contribution in [1.82, 2.24) is 14.9 Å². The number of carbonyl (C=O) groups excluding carboxylic acids is 1. The van der Waals surface area contributed by atoms with Crippen LogP contribution in [0.2, 0.25) is 0 Å². The minimum Gasteiger partial charge on any atom is -0.321 e. The quantitative estimate of drug-likeness (QED) is 0.920. The van der Waals surface area contributed by atoms with Crippen molar-refractivity contribution in [2.24, 2.45) is 0 Å². The first kappa shape index (κ1) is 17.4. The first-order valence-electron chi connectivity index (χ1n) is 8.87. The van der Waals surface area contributed by atoms with Gasteiger partial charge in [0.1, 0.15) is 5.82 Å². The molecule has 5 nitrogen and oxygen atoms in total. The van der Waals surface area contributed by atoms with Crippen molar-refractivity contribution in [3.63, 3.8) is 0 Å². The number of nitrogens with zero attached hydrogens (tertiary/aromatic N) is 3. The highest BCUT2D eigenvalue weighted by atomic mass is 16.2. The summed E-state index contributed by atoms with van der Waals surface area (Å²) in [5, 5.41) is 2.94. The number of nitrogens with one attached hydrogen (secondary N) is 1. The maximum atomic E-state index is 12.7. The van der Waals surface area contributed by atoms with Crippen LogP contribution in [0.4, 0.5) is 10.5 Å². The smallest absolute Gasteiger partial charge is 0.321 e. The highest BCUT2D eigenvalue weighted by molar-refractivity contribution is 5.89. The van der Waals surface area contributed by atoms with Gasteiger partial charge in [-0.2, -0.15) is 0 Å². The molecule has 0 bridgehead atoms. The van der Waals surface area contributed by atoms with Crippen molar-refractivity contribution in [1.29, 1.82) is 0 Å². The lowest BCUT2D eigenvalue weighted by Crippen LogP contribution is -2.39. The van der Waals surface area contributed by atoms with E-state index in [4.69, 9.17) is 0 Å². The third kappa shape index (κ3) is 4.35. The standard InChI is InChI=1S/C20H26N4O/c1-20(2,3)18-21-13-16(14-22-18)23-19(25)24-11-7-10-17(24)12-15-8-5-4-6-9-15/h4-6,8-9,13-14,17H,7,10-12H2,1-3H3,(H,23,25)/t17-/m0/s1. The molecule has 0 spiro atoms. The Labute approximate surface area is 149 Å². The van der Waals surface area contributed by atoms with E-state index in [1.54, 1.807) is 12.4 Å². The van der Waals surface area contributed by atoms with Crippen molar-refractivity contribution in [3.05, 3.63) is 54.1 Å². The number of urea groups is 1. The van der Waals surface area contributed by atoms with Crippen molar-refractivity contribution in [3.8, 4) is 0 Å². The Hall–Kier alpha value is -2.43. The largest absolute Gasteiger partial charge is 0.322 e. The zero-order valence-electron chi connectivity index (χ0n) is 15.2. The van der Waals surface area contributed by atoms with Crippen LogP contribution in [0.15, 0.2) is 42.7 Å². The maximum absolute atomic E-state index is 12.7. The van der Waals surface area contributed by atoms with Gasteiger partial charge in [0.15, 0.2) is 0 Å². The third-order valence-corrected chi connectivity index (χ3v) is 4.53. The molecule has 1 aliphatic rings. The van der Waals surface area contributed by atoms with Gasteiger partial charge in [0, 0.05) is 18.0 Å². The second kappa shape index (κ2) is 7.21. The van der Waals surface area contributed by atoms with E-state index in [2.05, 4.69) is 48.2 Å². The third-order valence-electron chi connectivity index (χ3n) is 4.53. The van der Waals surface area contributed by atoms with E-state index in [1.165, 1.54) is 5.56 Å². The molecule has 0 aliphatic carbocycles. The molecule has 1 fully saturated rings. The van der Waals surface area contributed by atoms with Gasteiger partial charge in [0.25, 0.3) is 0 Å². The molecule has 1 N–H and O–H groups in total. The predicted molar refractivity (Wildman–Crippen MR) is 99.6 cm³/mol. The van der Waals surface area contributed by atoms with Crippen LogP contribution in [0.1, 0.15) is 45.0 Å². The number of likely N-dealkylation sites (tertiary alicyclic amines) is 1. The first-order valence-corrected chi connectivity index (χ1v) is 8.87. The number of rotatable bonds is 3. The molecule has 0 unspecified atom stereocenters. The summed E-state index contributed by atoms with van der Waals surface area (Å²) < 4.78 is 0. The number of aromatic nitrogens is 2. The van der Waals surface area contributed by atoms with Gasteiger partial charge in [-0.25, -0.2) is 14.8 Å². The van der Waals surface area contributed by atoms with Gasteiger partial charge in [0.2, 0.25) is 0 Å². The number of hydrogen-bond donors (Lipinski definition) is 1. The van der Waals surface area contributed by atoms with Gasteiger partial charge in [0.05, 0.1) is 18.1 Å². The van der Waals surface area contributed by atoms with Crippen LogP contribution in [0.3, 0.4) is 0 Å². The Morgan fingerprint density at radius 2 is 1.88 bits per heavy atom. The van der Waals surface area contributed by atoms with Crippen LogP contribution >= 0.6 is 0 Å². The highest BCUT2D eigenvalue weighted by Gasteiger charge is 2.29. The Kier molecular flexibility index (Phi) is 5.02. The van der Waals surface area contributed by atoms with Gasteiger partial charge in [-0.3, -0.25) is 0 Å². The summed E-state index contributed by atoms with van der Waals surface area (Å²) in [6.07, 6.45) is 6.36. The van der Waals surface area contributed by atoms with Crippen LogP contribution in [0.25, 0.3) is 0 Å². The fourth-order valence-corrected chi connectivity index (χ4v) is 3.18. The SMILES string of the molecule is CC(C)(C)c1ncc(NC(=O)N2CCC[C@H]2Cc2ccccc2)cn1. The number of carbonyl (C=O) groups is 1. The highest BCUT2D eigenvalue weighted by Crippen LogP contribution is 2.23. The summed E-state index contributed by atoms with van der Waals surface area (Å²) in [5.74, 6) is 0.772. The number of benzene rings is 1. The fraction of sp³-hybridized carbons (Fsp3) is 0.450. The number of amides is 2. The molecular weight excluding hydrogens is 312 g/mol. The molecule has 2 aromatic rings. The molecule has 2 amide bonds. The molecule has 1 saturated heterocycles. The summed E-state index contributed by atoms with van der Waals surface area (Å²) in [6.45, 7) is 7.00. The molecule has 2 heterocycles. The molecule has 0 saturated carbocycles. The van der Waals surface area contributed by atoms with E-state index in [9.17, 15) is 4.79 Å². The van der Waals surface area contributed by atoms with Crippen LogP contribution in [0, 0.1) is 0 Å². The molecule has 132 valence electrons. The molecule has 1 aliphatic heterocycles. The molecule has 5 heteroatoms. The van der Waals surface area contributed by atoms with Gasteiger partial charge in [-0.05, 0) is 24.8 Å². The Bertz CT molecular complexity index is 707. The molecule has 0 radical (unpaired) electrons. The van der Waals surface area contributed by atoms with E-state index >= 15 is 0 Å². The van der Waals surface area contributed by atoms with Crippen LogP contribution in [-0.4, -0.2) is 33.5 Å². The predicted octanol–water partition coefficient (Wildman–Crippen LogP) is 4.01. The minimum absolute atomic E-state index is 0.0643. The van der Waals surface area contributed by atoms with Crippen molar-refractivity contribution in [2.45, 2.75) is 51.5 Å². The lowest BCUT2D eigenvalue weighted by Gasteiger charge is -2.25. The van der Waals surface area contributed by atoms with Crippen LogP contribution in [0.5, 0.6) is 0 Å². The Balaban J connectivity index is 1.64. The van der Waals surface area contributed by atoms with Crippen LogP contribution < -0.4 is 5.32 Å². The van der Waals surface area contributed by atoms with E-state index in [0.717, 1.165) is 31.6 Å². The summed E-state index contributed by atoms with van der Waals surface area (Å²) in [5.41, 5.74) is 1.81. The molecular formula is C20H26N4O. The van der Waals surface area contributed by atoms with Gasteiger partial charge in [-0.1, -0.05) is 51.1 Å². The van der Waals surface area contributed by atoms with Crippen molar-refractivity contribution < 1.29 is 4.79 Å². The van der Waals surface area contributed by atoms with Crippen molar-refractivity contribution >= 4 is 11.7 Å². The summed E-state index contributed by atoms with van der Waals surface area (Å²) in [4.78, 5) is 23.3. The zero-order valence-corrected chi connectivity index (χ0v) is 15.2. The lowest BCUT2D eigenvalue weighted by molar-refractivity contribution is 0.206. The number of anilines is 1. The zero-order chi connectivity index (χ0) is 17.9. The summed E-state index contributed by atoms with van der Waals surface area (Å²) >= 11 is 0. The molecule has 25 heavy (non-hydrogen) atoms. The van der Waals surface area contributed by atoms with E-state index in [1.807, 2.05) is 23.1 Å². The number of hydrogen-bond acceptors (Lipinski definition) is 3. The lowest BCUT2D eigenvalue weighted by atomic mass is 9.96. The average Bonchev–Trinajstić information content (AvgIpc) is 3.04. The van der Waals surface area contributed by atoms with Crippen LogP contribution in [-0.2, 0) is 11.8 Å².